The molecular weight excluding hydrogens is 236 g/mol. The van der Waals surface area contributed by atoms with Crippen LogP contribution in [-0.2, 0) is 4.74 Å². The molecule has 1 aliphatic rings. The molecule has 1 aliphatic heterocycles. The van der Waals surface area contributed by atoms with E-state index < -0.39 is 0 Å². The smallest absolute Gasteiger partial charge is 0.0877 e. The molecule has 1 aromatic carbocycles. The van der Waals surface area contributed by atoms with Crippen LogP contribution in [0.1, 0.15) is 25.3 Å². The fourth-order valence-corrected chi connectivity index (χ4v) is 2.54. The molecule has 0 radical (unpaired) electrons. The zero-order valence-electron chi connectivity index (χ0n) is 12.6. The minimum atomic E-state index is 0.313. The first-order valence-electron chi connectivity index (χ1n) is 7.17. The normalized spacial score (nSPS) is 20.3. The van der Waals surface area contributed by atoms with Gasteiger partial charge in [0.2, 0.25) is 0 Å². The van der Waals surface area contributed by atoms with Gasteiger partial charge in [0.05, 0.1) is 12.7 Å². The molecule has 1 atom stereocenters. The van der Waals surface area contributed by atoms with Crippen molar-refractivity contribution in [1.29, 1.82) is 0 Å². The maximum Gasteiger partial charge on any atom is 0.0877 e. The zero-order valence-corrected chi connectivity index (χ0v) is 12.6. The van der Waals surface area contributed by atoms with Gasteiger partial charge in [-0.1, -0.05) is 26.0 Å². The maximum absolute atomic E-state index is 5.82. The minimum Gasteiger partial charge on any atom is -0.373 e. The third kappa shape index (κ3) is 3.95. The molecule has 0 spiro atoms. The molecule has 3 nitrogen and oxygen atoms in total. The summed E-state index contributed by atoms with van der Waals surface area (Å²) in [6.07, 6.45) is 0.313. The van der Waals surface area contributed by atoms with Crippen LogP contribution in [0.25, 0.3) is 0 Å². The monoisotopic (exact) mass is 262 g/mol. The molecule has 0 saturated carbocycles. The predicted octanol–water partition coefficient (Wildman–Crippen LogP) is 2.58. The Balaban J connectivity index is 2.00. The number of hydrogen-bond acceptors (Lipinski definition) is 3. The Bertz CT molecular complexity index is 386. The van der Waals surface area contributed by atoms with Crippen LogP contribution in [0.4, 0.5) is 5.69 Å². The summed E-state index contributed by atoms with van der Waals surface area (Å²) in [6, 6.07) is 8.98. The number of hydrogen-bond donors (Lipinski definition) is 0. The topological polar surface area (TPSA) is 15.7 Å². The lowest BCUT2D eigenvalue weighted by Gasteiger charge is -2.35. The molecule has 19 heavy (non-hydrogen) atoms. The van der Waals surface area contributed by atoms with Crippen molar-refractivity contribution in [3.8, 4) is 0 Å². The van der Waals surface area contributed by atoms with Gasteiger partial charge in [-0.3, -0.25) is 0 Å². The second-order valence-electron chi connectivity index (χ2n) is 5.95. The van der Waals surface area contributed by atoms with E-state index in [-0.39, 0.29) is 0 Å². The van der Waals surface area contributed by atoms with E-state index in [2.05, 4.69) is 62.0 Å². The Hall–Kier alpha value is -1.06. The SMILES string of the molecule is CC(C)c1ccc(N2CCOC(CN(C)C)C2)cc1. The molecule has 1 saturated heterocycles. The Morgan fingerprint density at radius 1 is 1.26 bits per heavy atom. The van der Waals surface area contributed by atoms with Crippen LogP contribution >= 0.6 is 0 Å². The fourth-order valence-electron chi connectivity index (χ4n) is 2.54. The van der Waals surface area contributed by atoms with E-state index in [0.717, 1.165) is 26.2 Å². The summed E-state index contributed by atoms with van der Waals surface area (Å²) in [6.45, 7) is 8.25. The molecular formula is C16H26N2O. The first kappa shape index (κ1) is 14.4. The van der Waals surface area contributed by atoms with Crippen LogP contribution in [0, 0.1) is 0 Å². The lowest BCUT2D eigenvalue weighted by molar-refractivity contribution is 0.0248. The van der Waals surface area contributed by atoms with E-state index in [1.54, 1.807) is 0 Å². The van der Waals surface area contributed by atoms with Gasteiger partial charge in [-0.15, -0.1) is 0 Å². The summed E-state index contributed by atoms with van der Waals surface area (Å²) in [7, 11) is 4.19. The maximum atomic E-state index is 5.82. The van der Waals surface area contributed by atoms with Crippen molar-refractivity contribution in [3.05, 3.63) is 29.8 Å². The van der Waals surface area contributed by atoms with Gasteiger partial charge in [-0.05, 0) is 37.7 Å². The highest BCUT2D eigenvalue weighted by atomic mass is 16.5. The predicted molar refractivity (Wildman–Crippen MR) is 81.0 cm³/mol. The molecule has 3 heteroatoms. The van der Waals surface area contributed by atoms with Crippen LogP contribution in [-0.4, -0.2) is 51.3 Å². The van der Waals surface area contributed by atoms with Crippen LogP contribution in [0.2, 0.25) is 0 Å². The Morgan fingerprint density at radius 2 is 1.95 bits per heavy atom. The average molecular weight is 262 g/mol. The zero-order chi connectivity index (χ0) is 13.8. The number of benzene rings is 1. The lowest BCUT2D eigenvalue weighted by atomic mass is 10.0. The molecule has 1 heterocycles. The number of anilines is 1. The van der Waals surface area contributed by atoms with Crippen molar-refractivity contribution in [1.82, 2.24) is 4.90 Å². The summed E-state index contributed by atoms with van der Waals surface area (Å²) in [5.74, 6) is 0.597. The van der Waals surface area contributed by atoms with E-state index in [4.69, 9.17) is 4.74 Å². The molecule has 0 aliphatic carbocycles. The molecule has 1 aromatic rings. The Labute approximate surface area is 117 Å². The number of rotatable bonds is 4. The van der Waals surface area contributed by atoms with Crippen LogP contribution in [0.5, 0.6) is 0 Å². The van der Waals surface area contributed by atoms with Gasteiger partial charge in [0.1, 0.15) is 0 Å². The Kier molecular flexibility index (Phi) is 4.83. The fraction of sp³-hybridized carbons (Fsp3) is 0.625. The van der Waals surface area contributed by atoms with Gasteiger partial charge < -0.3 is 14.5 Å². The van der Waals surface area contributed by atoms with Crippen molar-refractivity contribution < 1.29 is 4.74 Å². The van der Waals surface area contributed by atoms with Crippen molar-refractivity contribution in [2.45, 2.75) is 25.9 Å². The van der Waals surface area contributed by atoms with Crippen molar-refractivity contribution in [3.63, 3.8) is 0 Å². The van der Waals surface area contributed by atoms with Crippen LogP contribution < -0.4 is 4.90 Å². The summed E-state index contributed by atoms with van der Waals surface area (Å²) in [5, 5.41) is 0. The summed E-state index contributed by atoms with van der Waals surface area (Å²) in [5.41, 5.74) is 2.72. The lowest BCUT2D eigenvalue weighted by Crippen LogP contribution is -2.46. The standard InChI is InChI=1S/C16H26N2O/c1-13(2)14-5-7-15(8-6-14)18-9-10-19-16(12-18)11-17(3)4/h5-8,13,16H,9-12H2,1-4H3. The number of likely N-dealkylation sites (N-methyl/N-ethyl adjacent to an activating group) is 1. The van der Waals surface area contributed by atoms with E-state index in [9.17, 15) is 0 Å². The third-order valence-electron chi connectivity index (χ3n) is 3.63. The summed E-state index contributed by atoms with van der Waals surface area (Å²) < 4.78 is 5.82. The molecule has 0 bridgehead atoms. The largest absolute Gasteiger partial charge is 0.373 e. The van der Waals surface area contributed by atoms with Gasteiger partial charge in [-0.2, -0.15) is 0 Å². The summed E-state index contributed by atoms with van der Waals surface area (Å²) >= 11 is 0. The average Bonchev–Trinajstić information content (AvgIpc) is 2.38. The molecule has 106 valence electrons. The van der Waals surface area contributed by atoms with Crippen molar-refractivity contribution >= 4 is 5.69 Å². The van der Waals surface area contributed by atoms with Gasteiger partial charge in [0, 0.05) is 25.3 Å². The molecule has 1 unspecified atom stereocenters. The second-order valence-corrected chi connectivity index (χ2v) is 5.95. The van der Waals surface area contributed by atoms with Gasteiger partial charge >= 0.3 is 0 Å². The number of ether oxygens (including phenoxy) is 1. The highest BCUT2D eigenvalue weighted by molar-refractivity contribution is 5.48. The van der Waals surface area contributed by atoms with Crippen LogP contribution in [0.15, 0.2) is 24.3 Å². The third-order valence-corrected chi connectivity index (χ3v) is 3.63. The second kappa shape index (κ2) is 6.40. The highest BCUT2D eigenvalue weighted by Gasteiger charge is 2.21. The first-order valence-corrected chi connectivity index (χ1v) is 7.17. The van der Waals surface area contributed by atoms with Crippen LogP contribution in [0.3, 0.4) is 0 Å². The molecule has 0 amide bonds. The summed E-state index contributed by atoms with van der Waals surface area (Å²) in [4.78, 5) is 4.62. The van der Waals surface area contributed by atoms with Gasteiger partial charge in [0.15, 0.2) is 0 Å². The van der Waals surface area contributed by atoms with Gasteiger partial charge in [0.25, 0.3) is 0 Å². The van der Waals surface area contributed by atoms with E-state index in [0.29, 0.717) is 12.0 Å². The minimum absolute atomic E-state index is 0.313. The van der Waals surface area contributed by atoms with Gasteiger partial charge in [-0.25, -0.2) is 0 Å². The van der Waals surface area contributed by atoms with E-state index in [1.165, 1.54) is 11.3 Å². The molecule has 2 rings (SSSR count). The number of morpholine rings is 1. The van der Waals surface area contributed by atoms with E-state index in [1.807, 2.05) is 0 Å². The molecule has 0 N–H and O–H groups in total. The first-order chi connectivity index (χ1) is 9.06. The van der Waals surface area contributed by atoms with Crippen molar-refractivity contribution in [2.24, 2.45) is 0 Å². The van der Waals surface area contributed by atoms with Crippen molar-refractivity contribution in [2.75, 3.05) is 45.2 Å². The molecule has 1 fully saturated rings. The highest BCUT2D eigenvalue weighted by Crippen LogP contribution is 2.22. The van der Waals surface area contributed by atoms with E-state index >= 15 is 0 Å². The Morgan fingerprint density at radius 3 is 2.53 bits per heavy atom. The number of nitrogens with zero attached hydrogens (tertiary/aromatic N) is 2. The quantitative estimate of drug-likeness (QED) is 0.829. The molecule has 0 aromatic heterocycles.